The van der Waals surface area contributed by atoms with Crippen molar-refractivity contribution in [2.45, 2.75) is 28.7 Å². The molecule has 3 aromatic carbocycles. The first-order valence-electron chi connectivity index (χ1n) is 10.2. The van der Waals surface area contributed by atoms with Crippen molar-refractivity contribution in [2.75, 3.05) is 13.1 Å². The highest BCUT2D eigenvalue weighted by molar-refractivity contribution is 7.91. The second kappa shape index (κ2) is 11.8. The zero-order valence-electron chi connectivity index (χ0n) is 17.8. The third kappa shape index (κ3) is 6.79. The summed E-state index contributed by atoms with van der Waals surface area (Å²) in [4.78, 5) is 11.4. The molecule has 176 valence electrons. The van der Waals surface area contributed by atoms with Gasteiger partial charge in [0.2, 0.25) is 9.84 Å². The Balaban J connectivity index is 0.00000385. The van der Waals surface area contributed by atoms with Gasteiger partial charge in [-0.3, -0.25) is 4.79 Å². The van der Waals surface area contributed by atoms with Crippen molar-refractivity contribution in [3.63, 3.8) is 0 Å². The molecule has 33 heavy (non-hydrogen) atoms. The highest BCUT2D eigenvalue weighted by Crippen LogP contribution is 2.26. The van der Waals surface area contributed by atoms with Gasteiger partial charge in [-0.05, 0) is 60.8 Å². The highest BCUT2D eigenvalue weighted by atomic mass is 35.5. The Morgan fingerprint density at radius 3 is 2.24 bits per heavy atom. The summed E-state index contributed by atoms with van der Waals surface area (Å²) in [6, 6.07) is 19.5. The summed E-state index contributed by atoms with van der Waals surface area (Å²) in [7, 11) is -3.85. The monoisotopic (exact) mass is 490 g/mol. The van der Waals surface area contributed by atoms with Crippen LogP contribution in [-0.4, -0.2) is 37.6 Å². The van der Waals surface area contributed by atoms with Crippen LogP contribution in [0.4, 0.5) is 0 Å². The van der Waals surface area contributed by atoms with Crippen LogP contribution >= 0.6 is 12.4 Å². The van der Waals surface area contributed by atoms with Crippen molar-refractivity contribution in [3.8, 4) is 5.75 Å². The van der Waals surface area contributed by atoms with Crippen LogP contribution in [0.3, 0.4) is 0 Å². The summed E-state index contributed by atoms with van der Waals surface area (Å²) in [6.45, 7) is 1.18. The number of aliphatic hydroxyl groups is 1. The number of aliphatic hydroxyl groups excluding tert-OH is 1. The molecule has 0 saturated carbocycles. The van der Waals surface area contributed by atoms with Crippen LogP contribution in [0.15, 0.2) is 82.6 Å². The predicted octanol–water partition coefficient (Wildman–Crippen LogP) is 3.00. The molecule has 0 unspecified atom stereocenters. The maximum absolute atomic E-state index is 12.8. The fourth-order valence-electron chi connectivity index (χ4n) is 3.30. The summed E-state index contributed by atoms with van der Waals surface area (Å²) in [5.41, 5.74) is 6.80. The lowest BCUT2D eigenvalue weighted by molar-refractivity contribution is 0.0997. The van der Waals surface area contributed by atoms with Gasteiger partial charge in [-0.25, -0.2) is 8.42 Å². The van der Waals surface area contributed by atoms with E-state index in [9.17, 15) is 23.4 Å². The molecule has 0 aliphatic rings. The standard InChI is InChI=1S/C24H26N2O5S.ClH/c25-24(29)21-15-20(12-13-22(21)27)32(30,31)19-10-8-17(9-11-19)5-4-14-26-16-23(28)18-6-2-1-3-7-18;/h1-3,6-13,15,23,26-28H,4-5,14,16H2,(H2,25,29);1H/t23-;/m1./s1. The molecule has 0 fully saturated rings. The first kappa shape index (κ1) is 26.3. The Morgan fingerprint density at radius 1 is 0.970 bits per heavy atom. The van der Waals surface area contributed by atoms with Gasteiger partial charge in [0.25, 0.3) is 5.91 Å². The average molecular weight is 491 g/mol. The number of rotatable bonds is 10. The molecule has 1 atom stereocenters. The number of nitrogens with one attached hydrogen (secondary N) is 1. The van der Waals surface area contributed by atoms with Gasteiger partial charge in [0.05, 0.1) is 21.5 Å². The van der Waals surface area contributed by atoms with Gasteiger partial charge in [0, 0.05) is 6.54 Å². The highest BCUT2D eigenvalue weighted by Gasteiger charge is 2.20. The average Bonchev–Trinajstić information content (AvgIpc) is 2.79. The Kier molecular flexibility index (Phi) is 9.43. The Morgan fingerprint density at radius 2 is 1.61 bits per heavy atom. The van der Waals surface area contributed by atoms with Crippen molar-refractivity contribution in [3.05, 3.63) is 89.5 Å². The molecule has 0 aliphatic carbocycles. The summed E-state index contributed by atoms with van der Waals surface area (Å²) < 4.78 is 25.7. The normalized spacial score (nSPS) is 12.0. The van der Waals surface area contributed by atoms with Crippen LogP contribution in [0.25, 0.3) is 0 Å². The van der Waals surface area contributed by atoms with Crippen LogP contribution in [0, 0.1) is 0 Å². The van der Waals surface area contributed by atoms with E-state index in [1.807, 2.05) is 30.3 Å². The number of phenols is 1. The number of halogens is 1. The minimum atomic E-state index is -3.85. The van der Waals surface area contributed by atoms with Gasteiger partial charge in [0.15, 0.2) is 0 Å². The molecule has 0 heterocycles. The third-order valence-electron chi connectivity index (χ3n) is 5.12. The SMILES string of the molecule is Cl.NC(=O)c1cc(S(=O)(=O)c2ccc(CCCNC[C@@H](O)c3ccccc3)cc2)ccc1O. The zero-order chi connectivity index (χ0) is 23.1. The second-order valence-corrected chi connectivity index (χ2v) is 9.37. The van der Waals surface area contributed by atoms with Crippen molar-refractivity contribution < 1.29 is 23.4 Å². The lowest BCUT2D eigenvalue weighted by atomic mass is 10.1. The molecule has 3 rings (SSSR count). The number of nitrogens with two attached hydrogens (primary N) is 1. The lowest BCUT2D eigenvalue weighted by Gasteiger charge is -2.12. The number of hydrogen-bond acceptors (Lipinski definition) is 6. The molecule has 0 aromatic heterocycles. The lowest BCUT2D eigenvalue weighted by Crippen LogP contribution is -2.22. The predicted molar refractivity (Wildman–Crippen MR) is 128 cm³/mol. The molecule has 3 aromatic rings. The van der Waals surface area contributed by atoms with Gasteiger partial charge >= 0.3 is 0 Å². The fourth-order valence-corrected chi connectivity index (χ4v) is 4.59. The summed E-state index contributed by atoms with van der Waals surface area (Å²) in [5.74, 6) is -1.27. The van der Waals surface area contributed by atoms with Crippen LogP contribution in [0.2, 0.25) is 0 Å². The van der Waals surface area contributed by atoms with E-state index >= 15 is 0 Å². The van der Waals surface area contributed by atoms with Crippen LogP contribution in [-0.2, 0) is 16.3 Å². The maximum atomic E-state index is 12.8. The number of benzene rings is 3. The molecule has 1 amide bonds. The number of aryl methyl sites for hydroxylation is 1. The third-order valence-corrected chi connectivity index (χ3v) is 6.89. The Bertz CT molecular complexity index is 1170. The van der Waals surface area contributed by atoms with Crippen LogP contribution in [0.5, 0.6) is 5.75 Å². The van der Waals surface area contributed by atoms with E-state index < -0.39 is 21.8 Å². The number of amides is 1. The van der Waals surface area contributed by atoms with Crippen molar-refractivity contribution in [1.29, 1.82) is 0 Å². The molecule has 0 radical (unpaired) electrons. The minimum Gasteiger partial charge on any atom is -0.507 e. The van der Waals surface area contributed by atoms with Crippen molar-refractivity contribution in [2.24, 2.45) is 5.73 Å². The van der Waals surface area contributed by atoms with Crippen molar-refractivity contribution in [1.82, 2.24) is 5.32 Å². The van der Waals surface area contributed by atoms with Gasteiger partial charge in [0.1, 0.15) is 5.75 Å². The zero-order valence-corrected chi connectivity index (χ0v) is 19.5. The molecule has 0 saturated heterocycles. The smallest absolute Gasteiger partial charge is 0.252 e. The first-order valence-corrected chi connectivity index (χ1v) is 11.7. The van der Waals surface area contributed by atoms with E-state index in [1.165, 1.54) is 18.2 Å². The molecule has 0 bridgehead atoms. The molecule has 0 aliphatic heterocycles. The number of carbonyl (C=O) groups excluding carboxylic acids is 1. The molecular formula is C24H27ClN2O5S. The van der Waals surface area contributed by atoms with Gasteiger partial charge in [-0.2, -0.15) is 0 Å². The van der Waals surface area contributed by atoms with E-state index in [0.29, 0.717) is 13.1 Å². The number of primary amides is 1. The fraction of sp³-hybridized carbons (Fsp3) is 0.208. The number of sulfone groups is 1. The Labute approximate surface area is 199 Å². The second-order valence-electron chi connectivity index (χ2n) is 7.42. The molecule has 5 N–H and O–H groups in total. The molecule has 0 spiro atoms. The van der Waals surface area contributed by atoms with E-state index in [1.54, 1.807) is 12.1 Å². The quantitative estimate of drug-likeness (QED) is 0.323. The summed E-state index contributed by atoms with van der Waals surface area (Å²) in [5, 5.41) is 23.0. The number of hydrogen-bond donors (Lipinski definition) is 4. The summed E-state index contributed by atoms with van der Waals surface area (Å²) >= 11 is 0. The van der Waals surface area contributed by atoms with Crippen LogP contribution < -0.4 is 11.1 Å². The topological polar surface area (TPSA) is 130 Å². The maximum Gasteiger partial charge on any atom is 0.252 e. The summed E-state index contributed by atoms with van der Waals surface area (Å²) in [6.07, 6.45) is 1.02. The molecular weight excluding hydrogens is 464 g/mol. The minimum absolute atomic E-state index is 0. The van der Waals surface area contributed by atoms with E-state index in [4.69, 9.17) is 5.73 Å². The van der Waals surface area contributed by atoms with Gasteiger partial charge < -0.3 is 21.3 Å². The first-order chi connectivity index (χ1) is 15.3. The van der Waals surface area contributed by atoms with E-state index in [0.717, 1.165) is 36.1 Å². The molecule has 7 nitrogen and oxygen atoms in total. The molecule has 9 heteroatoms. The number of carbonyl (C=O) groups is 1. The van der Waals surface area contributed by atoms with E-state index in [2.05, 4.69) is 5.32 Å². The van der Waals surface area contributed by atoms with Gasteiger partial charge in [-0.15, -0.1) is 12.4 Å². The van der Waals surface area contributed by atoms with Gasteiger partial charge in [-0.1, -0.05) is 42.5 Å². The van der Waals surface area contributed by atoms with Crippen LogP contribution in [0.1, 0.15) is 34.0 Å². The Hall–Kier alpha value is -2.91. The van der Waals surface area contributed by atoms with E-state index in [-0.39, 0.29) is 33.5 Å². The largest absolute Gasteiger partial charge is 0.507 e. The number of aromatic hydroxyl groups is 1. The van der Waals surface area contributed by atoms with Crippen molar-refractivity contribution >= 4 is 28.2 Å².